The predicted molar refractivity (Wildman–Crippen MR) is 126 cm³/mol. The normalized spacial score (nSPS) is 11.4. The summed E-state index contributed by atoms with van der Waals surface area (Å²) >= 11 is 0. The minimum atomic E-state index is -0.259. The van der Waals surface area contributed by atoms with Crippen molar-refractivity contribution in [2.45, 2.75) is 6.42 Å². The van der Waals surface area contributed by atoms with Crippen molar-refractivity contribution in [2.24, 2.45) is 12.0 Å². The van der Waals surface area contributed by atoms with E-state index in [4.69, 9.17) is 0 Å². The van der Waals surface area contributed by atoms with Gasteiger partial charge in [-0.3, -0.25) is 9.89 Å². The molecule has 1 amide bonds. The monoisotopic (exact) mass is 439 g/mol. The molecule has 0 aliphatic rings. The molecule has 0 atom stereocenters. The lowest BCUT2D eigenvalue weighted by atomic mass is 10.0. The Bertz CT molecular complexity index is 1460. The molecule has 5 rings (SSSR count). The average molecular weight is 439 g/mol. The lowest BCUT2D eigenvalue weighted by Crippen LogP contribution is -2.16. The van der Waals surface area contributed by atoms with E-state index in [2.05, 4.69) is 30.5 Å². The number of aliphatic imine (C=N–C) groups is 1. The van der Waals surface area contributed by atoms with Crippen molar-refractivity contribution in [3.8, 4) is 5.88 Å². The number of benzene rings is 2. The lowest BCUT2D eigenvalue weighted by molar-refractivity contribution is 0.101. The van der Waals surface area contributed by atoms with Gasteiger partial charge in [0.15, 0.2) is 11.7 Å². The second-order valence-corrected chi connectivity index (χ2v) is 7.66. The van der Waals surface area contributed by atoms with Crippen LogP contribution in [0.15, 0.2) is 72.1 Å². The highest BCUT2D eigenvalue weighted by Crippen LogP contribution is 2.28. The minimum absolute atomic E-state index is 0.0596. The van der Waals surface area contributed by atoms with E-state index < -0.39 is 0 Å². The van der Waals surface area contributed by atoms with Gasteiger partial charge >= 0.3 is 0 Å². The Hall–Kier alpha value is -4.66. The first-order valence-corrected chi connectivity index (χ1v) is 10.3. The van der Waals surface area contributed by atoms with Crippen LogP contribution in [-0.4, -0.2) is 42.0 Å². The van der Waals surface area contributed by atoms with Gasteiger partial charge in [-0.2, -0.15) is 5.10 Å². The maximum atomic E-state index is 12.5. The molecule has 33 heavy (non-hydrogen) atoms. The summed E-state index contributed by atoms with van der Waals surface area (Å²) in [4.78, 5) is 23.9. The molecule has 0 fully saturated rings. The second-order valence-electron chi connectivity index (χ2n) is 7.66. The maximum Gasteiger partial charge on any atom is 0.291 e. The largest absolute Gasteiger partial charge is 0.494 e. The van der Waals surface area contributed by atoms with Crippen LogP contribution in [0, 0.1) is 0 Å². The predicted octanol–water partition coefficient (Wildman–Crippen LogP) is 3.92. The Morgan fingerprint density at radius 1 is 1.18 bits per heavy atom. The first-order valence-electron chi connectivity index (χ1n) is 10.3. The third-order valence-corrected chi connectivity index (χ3v) is 5.32. The van der Waals surface area contributed by atoms with E-state index in [0.717, 1.165) is 22.0 Å². The van der Waals surface area contributed by atoms with Gasteiger partial charge in [-0.15, -0.1) is 0 Å². The molecular weight excluding hydrogens is 418 g/mol. The average Bonchev–Trinajstić information content (AvgIpc) is 3.53. The SMILES string of the molecule is Cn1ccnc1C(=O)Nc1cccc(Cc2ccc3[nH]c(O)c(C=Nc4ccn[nH]4)c3c2)c1. The number of fused-ring (bicyclic) bond motifs is 1. The number of amides is 1. The van der Waals surface area contributed by atoms with Crippen LogP contribution in [0.2, 0.25) is 0 Å². The van der Waals surface area contributed by atoms with Crippen LogP contribution in [0.3, 0.4) is 0 Å². The van der Waals surface area contributed by atoms with Crippen LogP contribution in [0.1, 0.15) is 27.3 Å². The molecule has 0 radical (unpaired) electrons. The van der Waals surface area contributed by atoms with E-state index in [0.29, 0.717) is 29.3 Å². The van der Waals surface area contributed by atoms with E-state index in [-0.39, 0.29) is 11.8 Å². The molecule has 4 N–H and O–H groups in total. The van der Waals surface area contributed by atoms with Gasteiger partial charge in [0.1, 0.15) is 5.82 Å². The highest BCUT2D eigenvalue weighted by molar-refractivity contribution is 6.03. The van der Waals surface area contributed by atoms with Crippen molar-refractivity contribution in [3.63, 3.8) is 0 Å². The van der Waals surface area contributed by atoms with E-state index in [9.17, 15) is 9.90 Å². The number of rotatable bonds is 6. The molecular formula is C24H21N7O2. The number of H-pyrrole nitrogens is 2. The summed E-state index contributed by atoms with van der Waals surface area (Å²) in [5, 5.41) is 20.7. The van der Waals surface area contributed by atoms with Crippen molar-refractivity contribution in [2.75, 3.05) is 5.32 Å². The van der Waals surface area contributed by atoms with Crippen molar-refractivity contribution in [1.29, 1.82) is 0 Å². The van der Waals surface area contributed by atoms with Crippen molar-refractivity contribution in [1.82, 2.24) is 24.7 Å². The Labute approximate surface area is 188 Å². The van der Waals surface area contributed by atoms with Crippen LogP contribution in [0.4, 0.5) is 11.5 Å². The summed E-state index contributed by atoms with van der Waals surface area (Å²) in [5.74, 6) is 0.751. The van der Waals surface area contributed by atoms with Gasteiger partial charge in [0.05, 0.1) is 11.8 Å². The summed E-state index contributed by atoms with van der Waals surface area (Å²) in [7, 11) is 1.78. The number of carbonyl (C=O) groups is 1. The van der Waals surface area contributed by atoms with Gasteiger partial charge in [-0.1, -0.05) is 18.2 Å². The molecule has 0 aliphatic carbocycles. The lowest BCUT2D eigenvalue weighted by Gasteiger charge is -2.08. The zero-order valence-electron chi connectivity index (χ0n) is 17.8. The fourth-order valence-electron chi connectivity index (χ4n) is 3.71. The summed E-state index contributed by atoms with van der Waals surface area (Å²) in [5.41, 5.74) is 4.23. The molecule has 0 saturated carbocycles. The van der Waals surface area contributed by atoms with E-state index >= 15 is 0 Å². The molecule has 3 aromatic heterocycles. The molecule has 0 aliphatic heterocycles. The number of aromatic amines is 2. The molecule has 2 aromatic carbocycles. The molecule has 0 spiro atoms. The number of carbonyl (C=O) groups excluding carboxylic acids is 1. The van der Waals surface area contributed by atoms with Crippen LogP contribution in [0.5, 0.6) is 5.88 Å². The maximum absolute atomic E-state index is 12.5. The highest BCUT2D eigenvalue weighted by Gasteiger charge is 2.12. The number of hydrogen-bond donors (Lipinski definition) is 4. The standard InChI is InChI=1S/C24H21N7O2/c1-31-10-9-25-22(31)24(33)28-17-4-2-3-15(12-17)11-16-5-6-20-18(13-16)19(23(32)29-20)14-26-21-7-8-27-30-21/h2-10,12-14,29,32H,11H2,1H3,(H,27,30)(H,28,33). The quantitative estimate of drug-likeness (QED) is 0.299. The van der Waals surface area contributed by atoms with Gasteiger partial charge in [-0.05, 0) is 41.8 Å². The van der Waals surface area contributed by atoms with Crippen LogP contribution in [0.25, 0.3) is 10.9 Å². The van der Waals surface area contributed by atoms with Crippen molar-refractivity contribution < 1.29 is 9.90 Å². The van der Waals surface area contributed by atoms with Crippen LogP contribution >= 0.6 is 0 Å². The number of anilines is 1. The second kappa shape index (κ2) is 8.46. The van der Waals surface area contributed by atoms with Gasteiger partial charge < -0.3 is 20.0 Å². The zero-order chi connectivity index (χ0) is 22.8. The topological polar surface area (TPSA) is 124 Å². The molecule has 9 heteroatoms. The summed E-state index contributed by atoms with van der Waals surface area (Å²) in [6.07, 6.45) is 7.21. The zero-order valence-corrected chi connectivity index (χ0v) is 17.8. The van der Waals surface area contributed by atoms with E-state index in [1.165, 1.54) is 0 Å². The highest BCUT2D eigenvalue weighted by atomic mass is 16.3. The molecule has 0 bridgehead atoms. The summed E-state index contributed by atoms with van der Waals surface area (Å²) in [6.45, 7) is 0. The Morgan fingerprint density at radius 3 is 2.85 bits per heavy atom. The van der Waals surface area contributed by atoms with Crippen molar-refractivity contribution in [3.05, 3.63) is 89.6 Å². The number of nitrogens with one attached hydrogen (secondary N) is 3. The third-order valence-electron chi connectivity index (χ3n) is 5.32. The number of aromatic hydroxyl groups is 1. The Morgan fingerprint density at radius 2 is 2.06 bits per heavy atom. The van der Waals surface area contributed by atoms with Crippen LogP contribution < -0.4 is 5.32 Å². The minimum Gasteiger partial charge on any atom is -0.494 e. The smallest absolute Gasteiger partial charge is 0.291 e. The summed E-state index contributed by atoms with van der Waals surface area (Å²) in [6, 6.07) is 15.4. The van der Waals surface area contributed by atoms with Crippen LogP contribution in [-0.2, 0) is 13.5 Å². The van der Waals surface area contributed by atoms with Gasteiger partial charge in [0.2, 0.25) is 0 Å². The number of nitrogens with zero attached hydrogens (tertiary/aromatic N) is 4. The summed E-state index contributed by atoms with van der Waals surface area (Å²) < 4.78 is 1.67. The number of imidazole rings is 1. The molecule has 5 aromatic rings. The van der Waals surface area contributed by atoms with E-state index in [1.807, 2.05) is 42.5 Å². The fourth-order valence-corrected chi connectivity index (χ4v) is 3.71. The molecule has 3 heterocycles. The Balaban J connectivity index is 1.38. The molecule has 164 valence electrons. The van der Waals surface area contributed by atoms with Gasteiger partial charge in [-0.25, -0.2) is 9.98 Å². The molecule has 0 unspecified atom stereocenters. The van der Waals surface area contributed by atoms with Gasteiger partial charge in [0, 0.05) is 48.3 Å². The first-order chi connectivity index (χ1) is 16.1. The van der Waals surface area contributed by atoms with E-state index in [1.54, 1.807) is 42.5 Å². The number of aromatic nitrogens is 5. The Kier molecular flexibility index (Phi) is 5.19. The molecule has 9 nitrogen and oxygen atoms in total. The number of aryl methyl sites for hydroxylation is 1. The van der Waals surface area contributed by atoms with Gasteiger partial charge in [0.25, 0.3) is 5.91 Å². The molecule has 0 saturated heterocycles. The van der Waals surface area contributed by atoms with Crippen molar-refractivity contribution >= 4 is 34.5 Å². The third kappa shape index (κ3) is 4.24. The first kappa shape index (κ1) is 20.3. The number of hydrogen-bond acceptors (Lipinski definition) is 5. The fraction of sp³-hybridized carbons (Fsp3) is 0.0833.